The van der Waals surface area contributed by atoms with Crippen LogP contribution >= 0.6 is 0 Å². The molecule has 2 N–H and O–H groups in total. The molecule has 1 aromatic carbocycles. The first-order valence-corrected chi connectivity index (χ1v) is 9.88. The molecule has 0 spiro atoms. The fourth-order valence-electron chi connectivity index (χ4n) is 6.05. The summed E-state index contributed by atoms with van der Waals surface area (Å²) in [5.74, 6) is 1.48. The topological polar surface area (TPSA) is 77.4 Å². The zero-order valence-electron chi connectivity index (χ0n) is 16.8. The third-order valence-electron chi connectivity index (χ3n) is 7.53. The second-order valence-corrected chi connectivity index (χ2v) is 8.40. The number of hydrogen-bond acceptors (Lipinski definition) is 6. The summed E-state index contributed by atoms with van der Waals surface area (Å²) < 4.78 is 22.5. The van der Waals surface area contributed by atoms with Crippen LogP contribution in [0.15, 0.2) is 30.9 Å². The summed E-state index contributed by atoms with van der Waals surface area (Å²) in [5.41, 5.74) is -0.483. The number of aliphatic hydroxyl groups is 2. The fraction of sp³-hybridized carbons (Fsp3) is 0.636. The van der Waals surface area contributed by atoms with Crippen LogP contribution in [-0.2, 0) is 15.9 Å². The number of methoxy groups -OCH3 is 2. The van der Waals surface area contributed by atoms with Crippen molar-refractivity contribution in [2.45, 2.75) is 50.1 Å². The highest BCUT2D eigenvalue weighted by Crippen LogP contribution is 2.64. The predicted molar refractivity (Wildman–Crippen MR) is 103 cm³/mol. The molecule has 3 aliphatic rings. The summed E-state index contributed by atoms with van der Waals surface area (Å²) in [7, 11) is 3.18. The molecule has 1 aromatic rings. The summed E-state index contributed by atoms with van der Waals surface area (Å²) in [6.07, 6.45) is 1.60. The van der Waals surface area contributed by atoms with E-state index in [0.29, 0.717) is 19.3 Å². The van der Waals surface area contributed by atoms with Gasteiger partial charge < -0.3 is 29.2 Å². The average Bonchev–Trinajstić information content (AvgIpc) is 3.21. The lowest BCUT2D eigenvalue weighted by molar-refractivity contribution is -0.242. The number of benzene rings is 1. The number of hydrogen-bond donors (Lipinski definition) is 2. The summed E-state index contributed by atoms with van der Waals surface area (Å²) in [6, 6.07) is 5.90. The number of ether oxygens (including phenoxy) is 4. The number of fused-ring (bicyclic) bond motifs is 3. The third kappa shape index (κ3) is 2.48. The highest BCUT2D eigenvalue weighted by molar-refractivity contribution is 5.45. The van der Waals surface area contributed by atoms with Crippen LogP contribution in [0.25, 0.3) is 0 Å². The van der Waals surface area contributed by atoms with Crippen molar-refractivity contribution in [1.29, 1.82) is 0 Å². The van der Waals surface area contributed by atoms with Crippen molar-refractivity contribution in [2.75, 3.05) is 21.0 Å². The van der Waals surface area contributed by atoms with E-state index in [0.717, 1.165) is 17.1 Å². The molecule has 0 radical (unpaired) electrons. The second-order valence-electron chi connectivity index (χ2n) is 8.40. The molecule has 4 rings (SSSR count). The van der Waals surface area contributed by atoms with Crippen LogP contribution in [0, 0.1) is 17.3 Å². The van der Waals surface area contributed by atoms with Crippen molar-refractivity contribution >= 4 is 0 Å². The molecule has 0 amide bonds. The predicted octanol–water partition coefficient (Wildman–Crippen LogP) is 2.31. The van der Waals surface area contributed by atoms with E-state index >= 15 is 0 Å². The van der Waals surface area contributed by atoms with Crippen molar-refractivity contribution in [1.82, 2.24) is 0 Å². The Labute approximate surface area is 166 Å². The van der Waals surface area contributed by atoms with Crippen molar-refractivity contribution in [2.24, 2.45) is 17.3 Å². The monoisotopic (exact) mass is 390 g/mol. The molecule has 154 valence electrons. The Balaban J connectivity index is 1.76. The zero-order chi connectivity index (χ0) is 20.1. The van der Waals surface area contributed by atoms with Crippen LogP contribution in [0.4, 0.5) is 0 Å². The molecule has 0 saturated heterocycles. The Morgan fingerprint density at radius 3 is 2.68 bits per heavy atom. The van der Waals surface area contributed by atoms with Gasteiger partial charge in [0.2, 0.25) is 6.79 Å². The molecule has 2 saturated carbocycles. The van der Waals surface area contributed by atoms with E-state index in [4.69, 9.17) is 18.9 Å². The van der Waals surface area contributed by atoms with Crippen LogP contribution in [-0.4, -0.2) is 55.1 Å². The molecule has 1 aliphatic heterocycles. The van der Waals surface area contributed by atoms with E-state index < -0.39 is 29.3 Å². The first-order chi connectivity index (χ1) is 13.4. The van der Waals surface area contributed by atoms with Gasteiger partial charge in [0.25, 0.3) is 0 Å². The summed E-state index contributed by atoms with van der Waals surface area (Å²) in [5, 5.41) is 22.7. The molecule has 0 unspecified atom stereocenters. The first kappa shape index (κ1) is 19.7. The SMILES string of the molecule is C=CC[C@@]12C[C@H](OC)[C@@H](O)[C@@](OC)([C@H](Cc3ccc4c(c3)OCO4)[C@H]1C)[C@H]2O. The third-order valence-corrected chi connectivity index (χ3v) is 7.53. The molecule has 2 bridgehead atoms. The van der Waals surface area contributed by atoms with Gasteiger partial charge in [-0.1, -0.05) is 19.1 Å². The quantitative estimate of drug-likeness (QED) is 0.726. The molecule has 2 fully saturated rings. The van der Waals surface area contributed by atoms with E-state index in [9.17, 15) is 10.2 Å². The Kier molecular flexibility index (Phi) is 4.94. The second kappa shape index (κ2) is 7.02. The molecule has 7 atom stereocenters. The highest BCUT2D eigenvalue weighted by Gasteiger charge is 2.73. The molecular weight excluding hydrogens is 360 g/mol. The van der Waals surface area contributed by atoms with Gasteiger partial charge >= 0.3 is 0 Å². The molecule has 28 heavy (non-hydrogen) atoms. The van der Waals surface area contributed by atoms with Crippen molar-refractivity contribution in [3.63, 3.8) is 0 Å². The molecule has 6 heteroatoms. The average molecular weight is 390 g/mol. The summed E-state index contributed by atoms with van der Waals surface area (Å²) >= 11 is 0. The molecular formula is C22H30O6. The first-order valence-electron chi connectivity index (χ1n) is 9.88. The van der Waals surface area contributed by atoms with Gasteiger partial charge in [-0.15, -0.1) is 6.58 Å². The number of rotatable bonds is 6. The van der Waals surface area contributed by atoms with Crippen LogP contribution in [0.1, 0.15) is 25.3 Å². The Morgan fingerprint density at radius 1 is 1.25 bits per heavy atom. The van der Waals surface area contributed by atoms with Crippen LogP contribution in [0.3, 0.4) is 0 Å². The van der Waals surface area contributed by atoms with E-state index in [1.165, 1.54) is 0 Å². The van der Waals surface area contributed by atoms with Gasteiger partial charge in [-0.25, -0.2) is 0 Å². The van der Waals surface area contributed by atoms with E-state index in [1.54, 1.807) is 14.2 Å². The molecule has 6 nitrogen and oxygen atoms in total. The summed E-state index contributed by atoms with van der Waals surface area (Å²) in [6.45, 7) is 6.30. The fourth-order valence-corrected chi connectivity index (χ4v) is 6.05. The minimum Gasteiger partial charge on any atom is -0.454 e. The van der Waals surface area contributed by atoms with E-state index in [1.807, 2.05) is 24.3 Å². The number of allylic oxidation sites excluding steroid dienone is 1. The Morgan fingerprint density at radius 2 is 2.00 bits per heavy atom. The van der Waals surface area contributed by atoms with Crippen LogP contribution in [0.5, 0.6) is 11.5 Å². The molecule has 1 heterocycles. The van der Waals surface area contributed by atoms with Crippen molar-refractivity contribution in [3.8, 4) is 11.5 Å². The van der Waals surface area contributed by atoms with Gasteiger partial charge in [0.1, 0.15) is 11.7 Å². The van der Waals surface area contributed by atoms with Gasteiger partial charge in [-0.2, -0.15) is 0 Å². The van der Waals surface area contributed by atoms with Crippen LogP contribution < -0.4 is 9.47 Å². The lowest BCUT2D eigenvalue weighted by Gasteiger charge is -2.50. The van der Waals surface area contributed by atoms with E-state index in [2.05, 4.69) is 13.5 Å². The van der Waals surface area contributed by atoms with Gasteiger partial charge in [0.15, 0.2) is 11.5 Å². The van der Waals surface area contributed by atoms with Gasteiger partial charge in [0.05, 0.1) is 12.2 Å². The maximum Gasteiger partial charge on any atom is 0.231 e. The van der Waals surface area contributed by atoms with Crippen LogP contribution in [0.2, 0.25) is 0 Å². The van der Waals surface area contributed by atoms with Crippen molar-refractivity contribution < 1.29 is 29.2 Å². The molecule has 0 aromatic heterocycles. The molecule has 2 aliphatic carbocycles. The van der Waals surface area contributed by atoms with Crippen molar-refractivity contribution in [3.05, 3.63) is 36.4 Å². The standard InChI is InChI=1S/C22H30O6/c1-5-8-21-11-18(25-3)19(23)22(26-4,20(21)24)15(13(21)2)9-14-6-7-16-17(10-14)28-12-27-16/h5-7,10,13,15,18-20,23-24H,1,8-9,11-12H2,2-4H3/t13-,15-,18+,19-,20+,21-,22+/m1/s1. The minimum atomic E-state index is -1.10. The maximum absolute atomic E-state index is 11.5. The Hall–Kier alpha value is -1.60. The normalized spacial score (nSPS) is 41.2. The van der Waals surface area contributed by atoms with E-state index in [-0.39, 0.29) is 18.6 Å². The zero-order valence-corrected chi connectivity index (χ0v) is 16.8. The summed E-state index contributed by atoms with van der Waals surface area (Å²) in [4.78, 5) is 0. The highest BCUT2D eigenvalue weighted by atomic mass is 16.7. The lowest BCUT2D eigenvalue weighted by Crippen LogP contribution is -2.65. The number of aliphatic hydroxyl groups excluding tert-OH is 2. The maximum atomic E-state index is 11.5. The Bertz CT molecular complexity index is 751. The largest absolute Gasteiger partial charge is 0.454 e. The van der Waals surface area contributed by atoms with Gasteiger partial charge in [0, 0.05) is 25.6 Å². The smallest absolute Gasteiger partial charge is 0.231 e. The lowest BCUT2D eigenvalue weighted by atomic mass is 9.65. The minimum absolute atomic E-state index is 0.0945. The van der Waals surface area contributed by atoms with Gasteiger partial charge in [-0.3, -0.25) is 0 Å². The van der Waals surface area contributed by atoms with Gasteiger partial charge in [-0.05, 0) is 42.9 Å².